The highest BCUT2D eigenvalue weighted by Gasteiger charge is 2.54. The molecular formula is C44H33NO. The Kier molecular flexibility index (Phi) is 4.72. The van der Waals surface area contributed by atoms with Crippen LogP contribution in [0.15, 0.2) is 132 Å². The van der Waals surface area contributed by atoms with Crippen LogP contribution in [0.3, 0.4) is 0 Å². The Morgan fingerprint density at radius 2 is 0.957 bits per heavy atom. The van der Waals surface area contributed by atoms with Crippen LogP contribution in [0.2, 0.25) is 0 Å². The molecule has 0 radical (unpaired) electrons. The first kappa shape index (κ1) is 26.1. The molecule has 1 spiro atoms. The zero-order valence-corrected chi connectivity index (χ0v) is 26.5. The molecule has 0 saturated heterocycles. The van der Waals surface area contributed by atoms with E-state index in [1.807, 2.05) is 22.8 Å². The second-order valence-corrected chi connectivity index (χ2v) is 14.4. The third-order valence-electron chi connectivity index (χ3n) is 11.7. The highest BCUT2D eigenvalue weighted by molar-refractivity contribution is 6.08. The summed E-state index contributed by atoms with van der Waals surface area (Å²) in [7, 11) is 0. The topological polar surface area (TPSA) is 22.0 Å². The first-order valence-electron chi connectivity index (χ1n) is 16.3. The highest BCUT2D eigenvalue weighted by Crippen LogP contribution is 2.63. The van der Waals surface area contributed by atoms with Gasteiger partial charge in [-0.3, -0.25) is 9.36 Å². The number of rotatable bonds is 0. The normalized spacial score (nSPS) is 16.9. The Hall–Kier alpha value is -5.21. The average molecular weight is 592 g/mol. The van der Waals surface area contributed by atoms with Crippen LogP contribution in [-0.2, 0) is 16.2 Å². The molecular weight excluding hydrogens is 558 g/mol. The molecule has 0 bridgehead atoms. The van der Waals surface area contributed by atoms with E-state index in [1.54, 1.807) is 0 Å². The molecule has 6 aromatic carbocycles. The summed E-state index contributed by atoms with van der Waals surface area (Å²) in [6, 6.07) is 46.6. The Bertz CT molecular complexity index is 2520. The number of hydrogen-bond acceptors (Lipinski definition) is 1. The van der Waals surface area contributed by atoms with Crippen LogP contribution in [0.4, 0.5) is 0 Å². The van der Waals surface area contributed by atoms with Gasteiger partial charge in [0.1, 0.15) is 0 Å². The number of para-hydroxylation sites is 1. The van der Waals surface area contributed by atoms with Crippen LogP contribution < -0.4 is 5.56 Å². The van der Waals surface area contributed by atoms with E-state index < -0.39 is 5.41 Å². The molecule has 3 aliphatic rings. The Morgan fingerprint density at radius 3 is 1.65 bits per heavy atom. The van der Waals surface area contributed by atoms with E-state index in [9.17, 15) is 4.79 Å². The smallest absolute Gasteiger partial charge is 0.263 e. The van der Waals surface area contributed by atoms with Crippen LogP contribution in [0.5, 0.6) is 0 Å². The van der Waals surface area contributed by atoms with Crippen LogP contribution in [0, 0.1) is 0 Å². The highest BCUT2D eigenvalue weighted by atomic mass is 16.1. The quantitative estimate of drug-likeness (QED) is 0.161. The van der Waals surface area contributed by atoms with Gasteiger partial charge >= 0.3 is 0 Å². The van der Waals surface area contributed by atoms with Crippen molar-refractivity contribution in [3.8, 4) is 16.8 Å². The standard InChI is InChI=1S/C44H33NO/c1-42(2)33-21-11-12-22-34(33)44(31-19-9-7-15-27(31)28-16-8-10-20-32(28)44)37-24-38-39(25-36(37)42)45-40-29(18-13-23-35(40)43(38,3)4)26-14-5-6-17-30(26)41(45)46/h5-25H,1-4H3. The lowest BCUT2D eigenvalue weighted by atomic mass is 9.54. The fourth-order valence-electron chi connectivity index (χ4n) is 9.57. The van der Waals surface area contributed by atoms with Crippen LogP contribution in [0.25, 0.3) is 38.5 Å². The van der Waals surface area contributed by atoms with Crippen molar-refractivity contribution in [1.82, 2.24) is 4.57 Å². The first-order chi connectivity index (χ1) is 22.3. The molecule has 0 fully saturated rings. The second kappa shape index (κ2) is 8.33. The Morgan fingerprint density at radius 1 is 0.435 bits per heavy atom. The summed E-state index contributed by atoms with van der Waals surface area (Å²) >= 11 is 0. The van der Waals surface area contributed by atoms with Gasteiger partial charge in [-0.25, -0.2) is 0 Å². The van der Waals surface area contributed by atoms with E-state index in [2.05, 4.69) is 137 Å². The number of aromatic nitrogens is 1. The van der Waals surface area contributed by atoms with Crippen molar-refractivity contribution in [3.05, 3.63) is 182 Å². The SMILES string of the molecule is CC1(C)c2ccccc2C2(c3ccccc3-c3ccccc32)c2cc3c(cc21)-n1c(=O)c2ccccc2c2cccc(c21)C3(C)C. The van der Waals surface area contributed by atoms with Gasteiger partial charge in [0.15, 0.2) is 0 Å². The molecule has 2 nitrogen and oxygen atoms in total. The molecule has 0 N–H and O–H groups in total. The molecule has 2 heterocycles. The molecule has 2 heteroatoms. The van der Waals surface area contributed by atoms with Crippen molar-refractivity contribution < 1.29 is 0 Å². The zero-order valence-electron chi connectivity index (χ0n) is 26.5. The van der Waals surface area contributed by atoms with E-state index in [4.69, 9.17) is 0 Å². The summed E-state index contributed by atoms with van der Waals surface area (Å²) in [6.45, 7) is 9.39. The number of hydrogen-bond donors (Lipinski definition) is 0. The maximum absolute atomic E-state index is 14.6. The van der Waals surface area contributed by atoms with Gasteiger partial charge in [-0.1, -0.05) is 143 Å². The van der Waals surface area contributed by atoms with Crippen LogP contribution in [-0.4, -0.2) is 4.57 Å². The van der Waals surface area contributed by atoms with E-state index in [0.29, 0.717) is 0 Å². The second-order valence-electron chi connectivity index (χ2n) is 14.4. The molecule has 220 valence electrons. The summed E-state index contributed by atoms with van der Waals surface area (Å²) in [5, 5.41) is 2.91. The molecule has 1 aliphatic heterocycles. The maximum atomic E-state index is 14.6. The van der Waals surface area contributed by atoms with E-state index in [0.717, 1.165) is 27.4 Å². The molecule has 46 heavy (non-hydrogen) atoms. The molecule has 10 rings (SSSR count). The molecule has 0 unspecified atom stereocenters. The van der Waals surface area contributed by atoms with E-state index in [1.165, 1.54) is 55.6 Å². The Balaban J connectivity index is 1.43. The van der Waals surface area contributed by atoms with E-state index in [-0.39, 0.29) is 16.4 Å². The van der Waals surface area contributed by atoms with Crippen molar-refractivity contribution >= 4 is 21.7 Å². The number of fused-ring (bicyclic) bond motifs is 13. The maximum Gasteiger partial charge on any atom is 0.263 e. The minimum atomic E-state index is -0.472. The summed E-state index contributed by atoms with van der Waals surface area (Å²) in [5.74, 6) is 0. The fourth-order valence-corrected chi connectivity index (χ4v) is 9.57. The van der Waals surface area contributed by atoms with Crippen LogP contribution >= 0.6 is 0 Å². The van der Waals surface area contributed by atoms with Crippen LogP contribution in [0.1, 0.15) is 72.2 Å². The van der Waals surface area contributed by atoms with Crippen molar-refractivity contribution in [2.24, 2.45) is 0 Å². The van der Waals surface area contributed by atoms with Crippen molar-refractivity contribution in [3.63, 3.8) is 0 Å². The number of benzene rings is 6. The van der Waals surface area contributed by atoms with Crippen molar-refractivity contribution in [1.29, 1.82) is 0 Å². The largest absolute Gasteiger partial charge is 0.276 e. The van der Waals surface area contributed by atoms with Crippen molar-refractivity contribution in [2.45, 2.75) is 43.9 Å². The lowest BCUT2D eigenvalue weighted by Crippen LogP contribution is -2.42. The lowest BCUT2D eigenvalue weighted by Gasteiger charge is -2.48. The third-order valence-corrected chi connectivity index (χ3v) is 11.7. The van der Waals surface area contributed by atoms with Gasteiger partial charge < -0.3 is 0 Å². The van der Waals surface area contributed by atoms with Gasteiger partial charge in [0, 0.05) is 21.6 Å². The van der Waals surface area contributed by atoms with E-state index >= 15 is 0 Å². The van der Waals surface area contributed by atoms with Gasteiger partial charge in [0.2, 0.25) is 0 Å². The molecule has 0 saturated carbocycles. The zero-order chi connectivity index (χ0) is 31.2. The summed E-state index contributed by atoms with van der Waals surface area (Å²) in [4.78, 5) is 14.6. The Labute approximate surface area is 268 Å². The predicted molar refractivity (Wildman–Crippen MR) is 189 cm³/mol. The lowest BCUT2D eigenvalue weighted by molar-refractivity contribution is 0.555. The molecule has 0 atom stereocenters. The van der Waals surface area contributed by atoms with Gasteiger partial charge in [-0.2, -0.15) is 0 Å². The van der Waals surface area contributed by atoms with Gasteiger partial charge in [-0.15, -0.1) is 0 Å². The van der Waals surface area contributed by atoms with Gasteiger partial charge in [0.05, 0.1) is 16.6 Å². The molecule has 7 aromatic rings. The summed E-state index contributed by atoms with van der Waals surface area (Å²) < 4.78 is 2.04. The van der Waals surface area contributed by atoms with Gasteiger partial charge in [0.25, 0.3) is 5.56 Å². The minimum Gasteiger partial charge on any atom is -0.276 e. The predicted octanol–water partition coefficient (Wildman–Crippen LogP) is 9.79. The summed E-state index contributed by atoms with van der Waals surface area (Å²) in [5.41, 5.74) is 13.9. The van der Waals surface area contributed by atoms with Gasteiger partial charge in [-0.05, 0) is 73.2 Å². The summed E-state index contributed by atoms with van der Waals surface area (Å²) in [6.07, 6.45) is 0. The molecule has 2 aliphatic carbocycles. The fraction of sp³-hybridized carbons (Fsp3) is 0.159. The monoisotopic (exact) mass is 591 g/mol. The average Bonchev–Trinajstić information content (AvgIpc) is 3.38. The number of nitrogens with zero attached hydrogens (tertiary/aromatic N) is 1. The first-order valence-corrected chi connectivity index (χ1v) is 16.3. The number of pyridine rings is 1. The third kappa shape index (κ3) is 2.79. The molecule has 0 amide bonds. The minimum absolute atomic E-state index is 0.0486. The molecule has 1 aromatic heterocycles. The van der Waals surface area contributed by atoms with Crippen molar-refractivity contribution in [2.75, 3.05) is 0 Å².